The first-order valence-corrected chi connectivity index (χ1v) is 12.9. The van der Waals surface area contributed by atoms with Crippen LogP contribution in [0.4, 0.5) is 0 Å². The summed E-state index contributed by atoms with van der Waals surface area (Å²) in [6.07, 6.45) is 4.57. The molecule has 2 heterocycles. The lowest BCUT2D eigenvalue weighted by molar-refractivity contribution is 0.0933. The van der Waals surface area contributed by atoms with Crippen molar-refractivity contribution in [3.05, 3.63) is 60.0 Å². The summed E-state index contributed by atoms with van der Waals surface area (Å²) in [6.45, 7) is 4.38. The minimum Gasteiger partial charge on any atom is -0.342 e. The van der Waals surface area contributed by atoms with Crippen molar-refractivity contribution >= 4 is 33.3 Å². The minimum absolute atomic E-state index is 0.176. The zero-order chi connectivity index (χ0) is 22.4. The number of amides is 1. The smallest absolute Gasteiger partial charge is 0.251 e. The van der Waals surface area contributed by atoms with Crippen molar-refractivity contribution in [3.8, 4) is 0 Å². The highest BCUT2D eigenvalue weighted by molar-refractivity contribution is 7.98. The van der Waals surface area contributed by atoms with Gasteiger partial charge in [-0.2, -0.15) is 16.1 Å². The topological polar surface area (TPSA) is 96.7 Å². The Bertz CT molecular complexity index is 1130. The lowest BCUT2D eigenvalue weighted by Crippen LogP contribution is -2.31. The summed E-state index contributed by atoms with van der Waals surface area (Å²) in [6, 6.07) is 11.4. The number of thioether (sulfide) groups is 1. The number of pyridine rings is 1. The van der Waals surface area contributed by atoms with E-state index in [2.05, 4.69) is 15.5 Å². The Morgan fingerprint density at radius 3 is 2.48 bits per heavy atom. The van der Waals surface area contributed by atoms with Crippen LogP contribution in [0.1, 0.15) is 42.5 Å². The van der Waals surface area contributed by atoms with Gasteiger partial charge in [0.15, 0.2) is 11.5 Å². The molecule has 0 aliphatic rings. The van der Waals surface area contributed by atoms with Crippen molar-refractivity contribution in [2.24, 2.45) is 0 Å². The van der Waals surface area contributed by atoms with Gasteiger partial charge in [-0.25, -0.2) is 8.42 Å². The third-order valence-corrected chi connectivity index (χ3v) is 7.74. The highest BCUT2D eigenvalue weighted by atomic mass is 32.2. The van der Waals surface area contributed by atoms with Gasteiger partial charge >= 0.3 is 0 Å². The van der Waals surface area contributed by atoms with Gasteiger partial charge in [-0.15, -0.1) is 10.2 Å². The maximum Gasteiger partial charge on any atom is 0.251 e. The van der Waals surface area contributed by atoms with Crippen LogP contribution in [0.15, 0.2) is 53.6 Å². The van der Waals surface area contributed by atoms with Crippen LogP contribution in [0.25, 0.3) is 5.65 Å². The number of carbonyl (C=O) groups excluding carboxylic acids is 1. The van der Waals surface area contributed by atoms with Gasteiger partial charge < -0.3 is 5.32 Å². The highest BCUT2D eigenvalue weighted by Gasteiger charge is 2.23. The van der Waals surface area contributed by atoms with Crippen molar-refractivity contribution in [1.82, 2.24) is 24.2 Å². The first-order chi connectivity index (χ1) is 14.9. The normalized spacial score (nSPS) is 12.9. The first kappa shape index (κ1) is 23.2. The van der Waals surface area contributed by atoms with Crippen LogP contribution in [-0.4, -0.2) is 58.3 Å². The Morgan fingerprint density at radius 1 is 1.13 bits per heavy atom. The van der Waals surface area contributed by atoms with E-state index in [0.717, 1.165) is 5.75 Å². The monoisotopic (exact) mass is 461 g/mol. The maximum atomic E-state index is 12.9. The van der Waals surface area contributed by atoms with Gasteiger partial charge in [-0.3, -0.25) is 9.20 Å². The molecule has 1 amide bonds. The minimum atomic E-state index is -3.56. The number of benzene rings is 1. The van der Waals surface area contributed by atoms with Crippen LogP contribution in [-0.2, 0) is 10.0 Å². The quantitative estimate of drug-likeness (QED) is 0.499. The van der Waals surface area contributed by atoms with Crippen molar-refractivity contribution in [3.63, 3.8) is 0 Å². The Balaban J connectivity index is 1.82. The summed E-state index contributed by atoms with van der Waals surface area (Å²) in [4.78, 5) is 13.1. The number of carbonyl (C=O) groups is 1. The molecule has 10 heteroatoms. The lowest BCUT2D eigenvalue weighted by Gasteiger charge is -2.19. The molecule has 1 aromatic carbocycles. The highest BCUT2D eigenvalue weighted by Crippen LogP contribution is 2.20. The van der Waals surface area contributed by atoms with E-state index in [1.165, 1.54) is 16.4 Å². The van der Waals surface area contributed by atoms with Crippen molar-refractivity contribution in [2.45, 2.75) is 31.2 Å². The maximum absolute atomic E-state index is 12.9. The molecular weight excluding hydrogens is 434 g/mol. The number of sulfonamides is 1. The number of fused-ring (bicyclic) bond motifs is 1. The Hall–Kier alpha value is -2.43. The Morgan fingerprint density at radius 2 is 1.84 bits per heavy atom. The Kier molecular flexibility index (Phi) is 7.69. The molecule has 0 fully saturated rings. The van der Waals surface area contributed by atoms with E-state index in [4.69, 9.17) is 0 Å². The van der Waals surface area contributed by atoms with Crippen molar-refractivity contribution in [1.29, 1.82) is 0 Å². The lowest BCUT2D eigenvalue weighted by atomic mass is 10.1. The van der Waals surface area contributed by atoms with E-state index in [1.807, 2.05) is 35.1 Å². The predicted octanol–water partition coefficient (Wildman–Crippen LogP) is 2.98. The summed E-state index contributed by atoms with van der Waals surface area (Å²) < 4.78 is 28.6. The number of rotatable bonds is 10. The van der Waals surface area contributed by atoms with Crippen LogP contribution < -0.4 is 5.32 Å². The number of nitrogens with zero attached hydrogens (tertiary/aromatic N) is 4. The molecule has 31 heavy (non-hydrogen) atoms. The van der Waals surface area contributed by atoms with Gasteiger partial charge in [0.25, 0.3) is 5.91 Å². The molecule has 1 unspecified atom stereocenters. The van der Waals surface area contributed by atoms with Crippen LogP contribution in [0.2, 0.25) is 0 Å². The summed E-state index contributed by atoms with van der Waals surface area (Å²) >= 11 is 1.69. The molecule has 3 aromatic rings. The van der Waals surface area contributed by atoms with E-state index in [0.29, 0.717) is 36.5 Å². The van der Waals surface area contributed by atoms with Crippen LogP contribution in [0, 0.1) is 0 Å². The fourth-order valence-electron chi connectivity index (χ4n) is 3.33. The van der Waals surface area contributed by atoms with Crippen molar-refractivity contribution in [2.75, 3.05) is 25.1 Å². The summed E-state index contributed by atoms with van der Waals surface area (Å²) in [5.41, 5.74) is 1.10. The molecule has 0 aliphatic heterocycles. The van der Waals surface area contributed by atoms with Crippen LogP contribution >= 0.6 is 11.8 Å². The number of nitrogens with one attached hydrogen (secondary N) is 1. The molecule has 8 nitrogen and oxygen atoms in total. The van der Waals surface area contributed by atoms with E-state index in [1.54, 1.807) is 37.7 Å². The van der Waals surface area contributed by atoms with Gasteiger partial charge in [0.1, 0.15) is 0 Å². The molecular formula is C21H27N5O3S2. The number of hydrogen-bond donors (Lipinski definition) is 1. The van der Waals surface area contributed by atoms with Gasteiger partial charge in [0.2, 0.25) is 10.0 Å². The second-order valence-electron chi connectivity index (χ2n) is 6.91. The summed E-state index contributed by atoms with van der Waals surface area (Å²) in [5.74, 6) is 1.22. The molecule has 0 radical (unpaired) electrons. The van der Waals surface area contributed by atoms with Gasteiger partial charge in [0.05, 0.1) is 10.9 Å². The molecule has 0 bridgehead atoms. The third-order valence-electron chi connectivity index (χ3n) is 5.03. The molecule has 0 saturated heterocycles. The van der Waals surface area contributed by atoms with Crippen molar-refractivity contribution < 1.29 is 13.2 Å². The van der Waals surface area contributed by atoms with Gasteiger partial charge in [-0.05, 0) is 54.8 Å². The molecule has 3 rings (SSSR count). The summed E-state index contributed by atoms with van der Waals surface area (Å²) in [7, 11) is -3.56. The average Bonchev–Trinajstić information content (AvgIpc) is 3.21. The van der Waals surface area contributed by atoms with Crippen LogP contribution in [0.3, 0.4) is 0 Å². The Labute approximate surface area is 187 Å². The van der Waals surface area contributed by atoms with Gasteiger partial charge in [0, 0.05) is 24.8 Å². The molecule has 2 aromatic heterocycles. The average molecular weight is 462 g/mol. The third kappa shape index (κ3) is 5.08. The van der Waals surface area contributed by atoms with E-state index in [9.17, 15) is 13.2 Å². The fourth-order valence-corrected chi connectivity index (χ4v) is 5.26. The molecule has 0 saturated carbocycles. The standard InChI is InChI=1S/C21H27N5O3S2/c1-4-25(5-2)31(28,29)17-11-9-16(10-12-17)21(27)22-18(13-15-30-3)20-24-23-19-8-6-7-14-26(19)20/h6-12,14,18H,4-5,13,15H2,1-3H3,(H,22,27). The fraction of sp³-hybridized carbons (Fsp3) is 0.381. The van der Waals surface area contributed by atoms with Gasteiger partial charge in [-0.1, -0.05) is 19.9 Å². The van der Waals surface area contributed by atoms with Crippen LogP contribution in [0.5, 0.6) is 0 Å². The SMILES string of the molecule is CCN(CC)S(=O)(=O)c1ccc(C(=O)NC(CCSC)c2nnc3ccccn23)cc1. The number of aromatic nitrogens is 3. The molecule has 1 atom stereocenters. The number of hydrogen-bond acceptors (Lipinski definition) is 6. The largest absolute Gasteiger partial charge is 0.342 e. The zero-order valence-electron chi connectivity index (χ0n) is 17.9. The molecule has 0 spiro atoms. The second kappa shape index (κ2) is 10.3. The molecule has 1 N–H and O–H groups in total. The zero-order valence-corrected chi connectivity index (χ0v) is 19.5. The summed E-state index contributed by atoms with van der Waals surface area (Å²) in [5, 5.41) is 11.5. The molecule has 166 valence electrons. The van der Waals surface area contributed by atoms with E-state index >= 15 is 0 Å². The first-order valence-electron chi connectivity index (χ1n) is 10.1. The molecule has 0 aliphatic carbocycles. The van der Waals surface area contributed by atoms with E-state index in [-0.39, 0.29) is 16.8 Å². The van der Waals surface area contributed by atoms with E-state index < -0.39 is 10.0 Å². The second-order valence-corrected chi connectivity index (χ2v) is 9.83. The predicted molar refractivity (Wildman–Crippen MR) is 123 cm³/mol.